The number of carbonyl (C=O) groups is 1. The lowest BCUT2D eigenvalue weighted by molar-refractivity contribution is -0.122. The van der Waals surface area contributed by atoms with Crippen LogP contribution in [0.1, 0.15) is 53.9 Å². The van der Waals surface area contributed by atoms with Crippen molar-refractivity contribution >= 4 is 15.9 Å². The Labute approximate surface area is 162 Å². The molecule has 154 valence electrons. The molecule has 0 saturated heterocycles. The SMILES string of the molecule is CCN(CC)S(=O)(=O)c1ccc(=O)n(CC(=O)N[C@H](C)CCCC(C)C)c1. The smallest absolute Gasteiger partial charge is 0.251 e. The maximum absolute atomic E-state index is 12.6. The van der Waals surface area contributed by atoms with Crippen molar-refractivity contribution in [2.75, 3.05) is 13.1 Å². The standard InChI is InChI=1S/C19H33N3O4S/c1-6-22(7-2)27(25,26)17-11-12-19(24)21(13-17)14-18(23)20-16(5)10-8-9-15(3)4/h11-13,15-16H,6-10,14H2,1-5H3,(H,20,23)/t16-/m1/s1. The molecule has 0 radical (unpaired) electrons. The molecule has 1 aromatic rings. The number of hydrogen-bond donors (Lipinski definition) is 1. The maximum atomic E-state index is 12.6. The van der Waals surface area contributed by atoms with Gasteiger partial charge in [-0.1, -0.05) is 40.5 Å². The minimum absolute atomic E-state index is 0.00883. The number of amides is 1. The topological polar surface area (TPSA) is 88.5 Å². The van der Waals surface area contributed by atoms with Crippen LogP contribution < -0.4 is 10.9 Å². The number of pyridine rings is 1. The van der Waals surface area contributed by atoms with E-state index >= 15 is 0 Å². The molecule has 0 aromatic carbocycles. The second-order valence-corrected chi connectivity index (χ2v) is 9.15. The van der Waals surface area contributed by atoms with E-state index in [4.69, 9.17) is 0 Å². The first kappa shape index (κ1) is 23.4. The highest BCUT2D eigenvalue weighted by Gasteiger charge is 2.22. The first-order chi connectivity index (χ1) is 12.6. The number of aromatic nitrogens is 1. The van der Waals surface area contributed by atoms with Crippen LogP contribution in [-0.2, 0) is 21.4 Å². The Morgan fingerprint density at radius 2 is 1.78 bits per heavy atom. The van der Waals surface area contributed by atoms with Crippen LogP contribution in [0.3, 0.4) is 0 Å². The molecule has 1 atom stereocenters. The van der Waals surface area contributed by atoms with Gasteiger partial charge in [0, 0.05) is 31.4 Å². The zero-order valence-electron chi connectivity index (χ0n) is 17.1. The van der Waals surface area contributed by atoms with Gasteiger partial charge in [0.1, 0.15) is 6.54 Å². The van der Waals surface area contributed by atoms with E-state index in [0.717, 1.165) is 23.8 Å². The van der Waals surface area contributed by atoms with E-state index < -0.39 is 15.6 Å². The van der Waals surface area contributed by atoms with E-state index in [9.17, 15) is 18.0 Å². The molecule has 0 fully saturated rings. The summed E-state index contributed by atoms with van der Waals surface area (Å²) < 4.78 is 27.7. The quantitative estimate of drug-likeness (QED) is 0.618. The Bertz CT molecular complexity index is 767. The number of hydrogen-bond acceptors (Lipinski definition) is 4. The minimum Gasteiger partial charge on any atom is -0.352 e. The van der Waals surface area contributed by atoms with Crippen LogP contribution >= 0.6 is 0 Å². The molecule has 1 N–H and O–H groups in total. The van der Waals surface area contributed by atoms with Gasteiger partial charge in [-0.15, -0.1) is 0 Å². The summed E-state index contributed by atoms with van der Waals surface area (Å²) >= 11 is 0. The third kappa shape index (κ3) is 7.10. The monoisotopic (exact) mass is 399 g/mol. The van der Waals surface area contributed by atoms with Crippen molar-refractivity contribution in [3.05, 3.63) is 28.7 Å². The van der Waals surface area contributed by atoms with Gasteiger partial charge < -0.3 is 9.88 Å². The highest BCUT2D eigenvalue weighted by molar-refractivity contribution is 7.89. The van der Waals surface area contributed by atoms with Crippen LogP contribution in [0.2, 0.25) is 0 Å². The van der Waals surface area contributed by atoms with Gasteiger partial charge in [-0.25, -0.2) is 8.42 Å². The molecule has 0 aliphatic carbocycles. The van der Waals surface area contributed by atoms with Crippen LogP contribution in [0.15, 0.2) is 28.0 Å². The van der Waals surface area contributed by atoms with Crippen LogP contribution in [0.5, 0.6) is 0 Å². The zero-order chi connectivity index (χ0) is 20.6. The van der Waals surface area contributed by atoms with E-state index in [1.54, 1.807) is 13.8 Å². The summed E-state index contributed by atoms with van der Waals surface area (Å²) in [6, 6.07) is 2.49. The number of nitrogens with one attached hydrogen (secondary N) is 1. The molecule has 1 heterocycles. The van der Waals surface area contributed by atoms with E-state index in [1.807, 2.05) is 6.92 Å². The first-order valence-electron chi connectivity index (χ1n) is 9.61. The molecule has 1 aromatic heterocycles. The molecule has 27 heavy (non-hydrogen) atoms. The summed E-state index contributed by atoms with van der Waals surface area (Å²) in [6.45, 7) is 10.2. The van der Waals surface area contributed by atoms with Gasteiger partial charge in [-0.05, 0) is 25.3 Å². The average molecular weight is 400 g/mol. The second kappa shape index (κ2) is 10.6. The van der Waals surface area contributed by atoms with Gasteiger partial charge in [-0.2, -0.15) is 4.31 Å². The average Bonchev–Trinajstić information content (AvgIpc) is 2.57. The third-order valence-electron chi connectivity index (χ3n) is 4.44. The molecule has 0 spiro atoms. The fourth-order valence-electron chi connectivity index (χ4n) is 2.88. The van der Waals surface area contributed by atoms with Gasteiger partial charge in [0.05, 0.1) is 4.90 Å². The number of sulfonamides is 1. The van der Waals surface area contributed by atoms with Crippen molar-refractivity contribution in [2.24, 2.45) is 5.92 Å². The van der Waals surface area contributed by atoms with Crippen LogP contribution in [0.25, 0.3) is 0 Å². The van der Waals surface area contributed by atoms with Gasteiger partial charge in [0.25, 0.3) is 5.56 Å². The fourth-order valence-corrected chi connectivity index (χ4v) is 4.36. The molecule has 0 aliphatic rings. The molecule has 0 aliphatic heterocycles. The summed E-state index contributed by atoms with van der Waals surface area (Å²) in [7, 11) is -3.68. The largest absolute Gasteiger partial charge is 0.352 e. The highest BCUT2D eigenvalue weighted by Crippen LogP contribution is 2.13. The lowest BCUT2D eigenvalue weighted by atomic mass is 10.0. The van der Waals surface area contributed by atoms with Crippen LogP contribution in [-0.4, -0.2) is 42.3 Å². The summed E-state index contributed by atoms with van der Waals surface area (Å²) in [5.74, 6) is 0.327. The normalized spacial score (nSPS) is 13.1. The fraction of sp³-hybridized carbons (Fsp3) is 0.684. The molecule has 1 amide bonds. The van der Waals surface area contributed by atoms with Crippen molar-refractivity contribution in [1.29, 1.82) is 0 Å². The van der Waals surface area contributed by atoms with Crippen molar-refractivity contribution in [1.82, 2.24) is 14.2 Å². The van der Waals surface area contributed by atoms with Gasteiger partial charge >= 0.3 is 0 Å². The van der Waals surface area contributed by atoms with E-state index in [0.29, 0.717) is 19.0 Å². The first-order valence-corrected chi connectivity index (χ1v) is 11.1. The zero-order valence-corrected chi connectivity index (χ0v) is 17.9. The number of rotatable bonds is 11. The Morgan fingerprint density at radius 1 is 1.15 bits per heavy atom. The van der Waals surface area contributed by atoms with Crippen molar-refractivity contribution in [3.63, 3.8) is 0 Å². The molecule has 7 nitrogen and oxygen atoms in total. The molecular formula is C19H33N3O4S. The Morgan fingerprint density at radius 3 is 2.33 bits per heavy atom. The number of nitrogens with zero attached hydrogens (tertiary/aromatic N) is 2. The molecule has 0 unspecified atom stereocenters. The van der Waals surface area contributed by atoms with Crippen LogP contribution in [0.4, 0.5) is 0 Å². The van der Waals surface area contributed by atoms with E-state index in [1.165, 1.54) is 22.6 Å². The minimum atomic E-state index is -3.68. The number of carbonyl (C=O) groups excluding carboxylic acids is 1. The lowest BCUT2D eigenvalue weighted by Gasteiger charge is -2.19. The van der Waals surface area contributed by atoms with Crippen LogP contribution in [0, 0.1) is 5.92 Å². The second-order valence-electron chi connectivity index (χ2n) is 7.21. The Balaban J connectivity index is 2.83. The summed E-state index contributed by atoms with van der Waals surface area (Å²) in [6.07, 6.45) is 4.25. The van der Waals surface area contributed by atoms with Gasteiger partial charge in [-0.3, -0.25) is 9.59 Å². The summed E-state index contributed by atoms with van der Waals surface area (Å²) in [5, 5.41) is 2.87. The summed E-state index contributed by atoms with van der Waals surface area (Å²) in [4.78, 5) is 24.3. The molecular weight excluding hydrogens is 366 g/mol. The van der Waals surface area contributed by atoms with E-state index in [2.05, 4.69) is 19.2 Å². The Kier molecular flexibility index (Phi) is 9.18. The van der Waals surface area contributed by atoms with Crippen molar-refractivity contribution in [3.8, 4) is 0 Å². The molecule has 1 rings (SSSR count). The van der Waals surface area contributed by atoms with Gasteiger partial charge in [0.15, 0.2) is 0 Å². The van der Waals surface area contributed by atoms with Crippen molar-refractivity contribution in [2.45, 2.75) is 71.4 Å². The Hall–Kier alpha value is -1.67. The van der Waals surface area contributed by atoms with Gasteiger partial charge in [0.2, 0.25) is 15.9 Å². The molecule has 0 bridgehead atoms. The molecule has 0 saturated carbocycles. The predicted octanol–water partition coefficient (Wildman–Crippen LogP) is 2.21. The lowest BCUT2D eigenvalue weighted by Crippen LogP contribution is -2.38. The molecule has 8 heteroatoms. The maximum Gasteiger partial charge on any atom is 0.251 e. The predicted molar refractivity (Wildman–Crippen MR) is 107 cm³/mol. The highest BCUT2D eigenvalue weighted by atomic mass is 32.2. The van der Waals surface area contributed by atoms with Crippen molar-refractivity contribution < 1.29 is 13.2 Å². The van der Waals surface area contributed by atoms with E-state index in [-0.39, 0.29) is 23.4 Å². The summed E-state index contributed by atoms with van der Waals surface area (Å²) in [5.41, 5.74) is -0.406. The third-order valence-corrected chi connectivity index (χ3v) is 6.47.